The number of hydrogen-bond donors (Lipinski definition) is 1. The molecule has 2 heteroatoms. The third-order valence-electron chi connectivity index (χ3n) is 3.83. The maximum absolute atomic E-state index is 10.5. The number of rotatable bonds is 5. The zero-order valence-electron chi connectivity index (χ0n) is 11.1. The van der Waals surface area contributed by atoms with E-state index in [9.17, 15) is 5.11 Å². The van der Waals surface area contributed by atoms with Crippen molar-refractivity contribution in [1.29, 1.82) is 0 Å². The van der Waals surface area contributed by atoms with Gasteiger partial charge in [0.2, 0.25) is 0 Å². The van der Waals surface area contributed by atoms with E-state index in [1.807, 2.05) is 11.8 Å². The van der Waals surface area contributed by atoms with Gasteiger partial charge in [0.15, 0.2) is 0 Å². The Balaban J connectivity index is 1.68. The van der Waals surface area contributed by atoms with Gasteiger partial charge >= 0.3 is 0 Å². The molecule has 0 aromatic heterocycles. The molecule has 1 aliphatic rings. The summed E-state index contributed by atoms with van der Waals surface area (Å²) in [4.78, 5) is 1.34. The van der Waals surface area contributed by atoms with Gasteiger partial charge in [-0.3, -0.25) is 0 Å². The van der Waals surface area contributed by atoms with Gasteiger partial charge in [-0.2, -0.15) is 0 Å². The Morgan fingerprint density at radius 2 is 1.67 bits per heavy atom. The fraction of sp³-hybridized carbons (Fsp3) is 0.625. The molecule has 18 heavy (non-hydrogen) atoms. The van der Waals surface area contributed by atoms with Gasteiger partial charge in [0.1, 0.15) is 0 Å². The van der Waals surface area contributed by atoms with E-state index in [4.69, 9.17) is 0 Å². The summed E-state index contributed by atoms with van der Waals surface area (Å²) >= 11 is 1.90. The molecule has 0 heterocycles. The molecule has 1 aromatic rings. The lowest BCUT2D eigenvalue weighted by Gasteiger charge is -2.26. The van der Waals surface area contributed by atoms with Gasteiger partial charge in [-0.05, 0) is 43.6 Å². The average Bonchev–Trinajstić information content (AvgIpc) is 2.61. The first-order valence-corrected chi connectivity index (χ1v) is 8.17. The normalized spacial score (nSPS) is 19.4. The molecule has 1 fully saturated rings. The van der Waals surface area contributed by atoms with Gasteiger partial charge < -0.3 is 5.11 Å². The van der Waals surface area contributed by atoms with Crippen LogP contribution in [0.2, 0.25) is 0 Å². The van der Waals surface area contributed by atoms with Gasteiger partial charge in [0.05, 0.1) is 5.60 Å². The summed E-state index contributed by atoms with van der Waals surface area (Å²) in [6.07, 6.45) is 9.17. The maximum atomic E-state index is 10.5. The van der Waals surface area contributed by atoms with E-state index in [1.54, 1.807) is 0 Å². The zero-order chi connectivity index (χ0) is 12.7. The van der Waals surface area contributed by atoms with Gasteiger partial charge in [-0.1, -0.05) is 43.9 Å². The molecule has 1 aromatic carbocycles. The summed E-state index contributed by atoms with van der Waals surface area (Å²) in [6.45, 7) is 0. The summed E-state index contributed by atoms with van der Waals surface area (Å²) in [5.74, 6) is 1.12. The van der Waals surface area contributed by atoms with Gasteiger partial charge in [-0.15, -0.1) is 11.8 Å². The van der Waals surface area contributed by atoms with E-state index in [2.05, 4.69) is 30.3 Å². The molecule has 0 aliphatic heterocycles. The van der Waals surface area contributed by atoms with Crippen LogP contribution in [-0.2, 0) is 0 Å². The Morgan fingerprint density at radius 3 is 2.33 bits per heavy atom. The van der Waals surface area contributed by atoms with Crippen molar-refractivity contribution in [2.24, 2.45) is 0 Å². The molecular weight excluding hydrogens is 240 g/mol. The van der Waals surface area contributed by atoms with E-state index in [1.165, 1.54) is 30.6 Å². The average molecular weight is 264 g/mol. The Labute approximate surface area is 115 Å². The van der Waals surface area contributed by atoms with E-state index >= 15 is 0 Å². The molecule has 0 unspecified atom stereocenters. The van der Waals surface area contributed by atoms with Crippen molar-refractivity contribution in [3.05, 3.63) is 30.3 Å². The summed E-state index contributed by atoms with van der Waals surface area (Å²) in [5.41, 5.74) is -0.353. The molecule has 0 saturated heterocycles. The molecule has 100 valence electrons. The number of aliphatic hydroxyl groups is 1. The molecule has 1 nitrogen and oxygen atoms in total. The number of benzene rings is 1. The minimum Gasteiger partial charge on any atom is -0.390 e. The maximum Gasteiger partial charge on any atom is 0.0648 e. The Morgan fingerprint density at radius 1 is 1.00 bits per heavy atom. The van der Waals surface area contributed by atoms with E-state index in [0.29, 0.717) is 0 Å². The second kappa shape index (κ2) is 7.20. The molecular formula is C16H24OS. The highest BCUT2D eigenvalue weighted by Crippen LogP contribution is 2.31. The monoisotopic (exact) mass is 264 g/mol. The van der Waals surface area contributed by atoms with Crippen LogP contribution in [0.15, 0.2) is 35.2 Å². The number of hydrogen-bond acceptors (Lipinski definition) is 2. The smallest absolute Gasteiger partial charge is 0.0648 e. The van der Waals surface area contributed by atoms with Crippen molar-refractivity contribution < 1.29 is 5.11 Å². The molecule has 0 radical (unpaired) electrons. The minimum absolute atomic E-state index is 0.353. The van der Waals surface area contributed by atoms with Crippen molar-refractivity contribution >= 4 is 11.8 Å². The summed E-state index contributed by atoms with van der Waals surface area (Å²) in [7, 11) is 0. The lowest BCUT2D eigenvalue weighted by Crippen LogP contribution is -2.27. The number of thioether (sulfide) groups is 1. The zero-order valence-corrected chi connectivity index (χ0v) is 11.9. The van der Waals surface area contributed by atoms with Crippen LogP contribution >= 0.6 is 11.8 Å². The van der Waals surface area contributed by atoms with Crippen LogP contribution in [0.25, 0.3) is 0 Å². The molecule has 2 rings (SSSR count). The van der Waals surface area contributed by atoms with Crippen LogP contribution in [0.1, 0.15) is 51.4 Å². The molecule has 0 amide bonds. The second-order valence-electron chi connectivity index (χ2n) is 5.40. The molecule has 0 atom stereocenters. The van der Waals surface area contributed by atoms with Crippen molar-refractivity contribution in [2.75, 3.05) is 5.75 Å². The van der Waals surface area contributed by atoms with Crippen LogP contribution in [-0.4, -0.2) is 16.5 Å². The highest BCUT2D eigenvalue weighted by molar-refractivity contribution is 7.99. The molecule has 0 spiro atoms. The topological polar surface area (TPSA) is 20.2 Å². The van der Waals surface area contributed by atoms with Crippen LogP contribution < -0.4 is 0 Å². The quantitative estimate of drug-likeness (QED) is 0.475. The molecule has 1 saturated carbocycles. The van der Waals surface area contributed by atoms with Crippen molar-refractivity contribution in [2.45, 2.75) is 61.9 Å². The highest BCUT2D eigenvalue weighted by Gasteiger charge is 2.26. The van der Waals surface area contributed by atoms with Crippen LogP contribution in [0.5, 0.6) is 0 Å². The van der Waals surface area contributed by atoms with Crippen LogP contribution in [0.4, 0.5) is 0 Å². The fourth-order valence-electron chi connectivity index (χ4n) is 2.74. The SMILES string of the molecule is OC1(CCCSc2ccccc2)CCCCCC1. The van der Waals surface area contributed by atoms with Gasteiger partial charge in [-0.25, -0.2) is 0 Å². The lowest BCUT2D eigenvalue weighted by atomic mass is 9.90. The fourth-order valence-corrected chi connectivity index (χ4v) is 3.62. The first-order valence-electron chi connectivity index (χ1n) is 7.19. The van der Waals surface area contributed by atoms with E-state index < -0.39 is 0 Å². The van der Waals surface area contributed by atoms with Gasteiger partial charge in [0, 0.05) is 4.90 Å². The summed E-state index contributed by atoms with van der Waals surface area (Å²) in [5, 5.41) is 10.5. The second-order valence-corrected chi connectivity index (χ2v) is 6.57. The standard InChI is InChI=1S/C16H24OS/c17-16(11-6-1-2-7-12-16)13-8-14-18-15-9-4-3-5-10-15/h3-5,9-10,17H,1-2,6-8,11-14H2. The van der Waals surface area contributed by atoms with Crippen molar-refractivity contribution in [3.63, 3.8) is 0 Å². The van der Waals surface area contributed by atoms with Gasteiger partial charge in [0.25, 0.3) is 0 Å². The van der Waals surface area contributed by atoms with Crippen molar-refractivity contribution in [1.82, 2.24) is 0 Å². The predicted octanol–water partition coefficient (Wildman–Crippen LogP) is 4.64. The van der Waals surface area contributed by atoms with E-state index in [0.717, 1.165) is 31.4 Å². The van der Waals surface area contributed by atoms with Crippen LogP contribution in [0, 0.1) is 0 Å². The van der Waals surface area contributed by atoms with Crippen molar-refractivity contribution in [3.8, 4) is 0 Å². The predicted molar refractivity (Wildman–Crippen MR) is 79.1 cm³/mol. The summed E-state index contributed by atoms with van der Waals surface area (Å²) < 4.78 is 0. The third-order valence-corrected chi connectivity index (χ3v) is 4.93. The third kappa shape index (κ3) is 4.66. The minimum atomic E-state index is -0.353. The first kappa shape index (κ1) is 14.0. The largest absolute Gasteiger partial charge is 0.390 e. The molecule has 1 aliphatic carbocycles. The Hall–Kier alpha value is -0.470. The molecule has 1 N–H and O–H groups in total. The van der Waals surface area contributed by atoms with Crippen LogP contribution in [0.3, 0.4) is 0 Å². The molecule has 0 bridgehead atoms. The first-order chi connectivity index (χ1) is 8.79. The Kier molecular flexibility index (Phi) is 5.58. The Bertz CT molecular complexity index is 328. The highest BCUT2D eigenvalue weighted by atomic mass is 32.2. The van der Waals surface area contributed by atoms with E-state index in [-0.39, 0.29) is 5.60 Å². The summed E-state index contributed by atoms with van der Waals surface area (Å²) in [6, 6.07) is 10.5. The lowest BCUT2D eigenvalue weighted by molar-refractivity contribution is 0.0160.